The number of benzene rings is 1. The highest BCUT2D eigenvalue weighted by Gasteiger charge is 2.20. The van der Waals surface area contributed by atoms with Gasteiger partial charge in [0.05, 0.1) is 16.5 Å². The van der Waals surface area contributed by atoms with Crippen LogP contribution in [0.4, 0.5) is 4.39 Å². The van der Waals surface area contributed by atoms with Crippen LogP contribution in [0.5, 0.6) is 0 Å². The van der Waals surface area contributed by atoms with Gasteiger partial charge in [-0.05, 0) is 17.7 Å². The lowest BCUT2D eigenvalue weighted by Gasteiger charge is -2.13. The van der Waals surface area contributed by atoms with Crippen molar-refractivity contribution in [2.45, 2.75) is 24.3 Å². The minimum atomic E-state index is -3.88. The van der Waals surface area contributed by atoms with Gasteiger partial charge in [0, 0.05) is 24.0 Å². The second-order valence-corrected chi connectivity index (χ2v) is 7.19. The Kier molecular flexibility index (Phi) is 5.04. The van der Waals surface area contributed by atoms with Crippen LogP contribution in [0, 0.1) is 5.82 Å². The Morgan fingerprint density at radius 2 is 2.24 bits per heavy atom. The van der Waals surface area contributed by atoms with Crippen molar-refractivity contribution in [1.29, 1.82) is 0 Å². The van der Waals surface area contributed by atoms with Gasteiger partial charge in [0.25, 0.3) is 0 Å². The molecule has 1 aromatic heterocycles. The molecule has 8 heteroatoms. The van der Waals surface area contributed by atoms with Crippen LogP contribution < -0.4 is 4.72 Å². The fourth-order valence-electron chi connectivity index (χ4n) is 1.79. The largest absolute Gasteiger partial charge is 0.392 e. The van der Waals surface area contributed by atoms with Crippen LogP contribution >= 0.6 is 11.3 Å². The Hall–Kier alpha value is -1.35. The summed E-state index contributed by atoms with van der Waals surface area (Å²) in [6.45, 7) is 1.52. The van der Waals surface area contributed by atoms with E-state index in [1.165, 1.54) is 17.4 Å². The first-order valence-corrected chi connectivity index (χ1v) is 8.58. The average molecular weight is 330 g/mol. The zero-order chi connectivity index (χ0) is 15.5. The zero-order valence-electron chi connectivity index (χ0n) is 11.3. The molecule has 0 amide bonds. The normalized spacial score (nSPS) is 13.3. The van der Waals surface area contributed by atoms with Crippen molar-refractivity contribution in [3.05, 3.63) is 46.2 Å². The van der Waals surface area contributed by atoms with Gasteiger partial charge >= 0.3 is 0 Å². The van der Waals surface area contributed by atoms with Crippen LogP contribution in [0.3, 0.4) is 0 Å². The van der Waals surface area contributed by atoms with Gasteiger partial charge in [-0.3, -0.25) is 0 Å². The van der Waals surface area contributed by atoms with Crippen molar-refractivity contribution in [3.63, 3.8) is 0 Å². The number of hydrogen-bond acceptors (Lipinski definition) is 5. The maximum Gasteiger partial charge on any atom is 0.241 e. The maximum absolute atomic E-state index is 13.3. The summed E-state index contributed by atoms with van der Waals surface area (Å²) in [6.07, 6.45) is 1.65. The Morgan fingerprint density at radius 3 is 2.86 bits per heavy atom. The highest BCUT2D eigenvalue weighted by atomic mass is 32.2. The van der Waals surface area contributed by atoms with Gasteiger partial charge in [0.2, 0.25) is 10.0 Å². The molecule has 2 aromatic rings. The molecule has 1 heterocycles. The lowest BCUT2D eigenvalue weighted by atomic mass is 10.2. The number of sulfonamides is 1. The van der Waals surface area contributed by atoms with E-state index in [4.69, 9.17) is 0 Å². The number of halogens is 1. The van der Waals surface area contributed by atoms with E-state index >= 15 is 0 Å². The number of aliphatic hydroxyl groups is 1. The van der Waals surface area contributed by atoms with Gasteiger partial charge < -0.3 is 5.11 Å². The van der Waals surface area contributed by atoms with Crippen molar-refractivity contribution in [2.75, 3.05) is 6.54 Å². The van der Waals surface area contributed by atoms with Crippen LogP contribution in [0.1, 0.15) is 23.4 Å². The zero-order valence-corrected chi connectivity index (χ0v) is 12.9. The van der Waals surface area contributed by atoms with E-state index < -0.39 is 22.4 Å². The fourth-order valence-corrected chi connectivity index (χ4v) is 3.86. The number of aliphatic hydroxyl groups excluding tert-OH is 1. The molecule has 0 aliphatic rings. The number of thiazole rings is 1. The van der Waals surface area contributed by atoms with E-state index in [9.17, 15) is 17.9 Å². The molecule has 2 N–H and O–H groups in total. The van der Waals surface area contributed by atoms with Crippen LogP contribution in [-0.2, 0) is 16.6 Å². The van der Waals surface area contributed by atoms with Gasteiger partial charge in [0.15, 0.2) is 0 Å². The molecule has 0 aliphatic carbocycles. The third-order valence-corrected chi connectivity index (χ3v) is 5.45. The highest BCUT2D eigenvalue weighted by molar-refractivity contribution is 7.89. The summed E-state index contributed by atoms with van der Waals surface area (Å²) in [6, 6.07) is 3.28. The van der Waals surface area contributed by atoms with E-state index in [0.29, 0.717) is 0 Å². The summed E-state index contributed by atoms with van der Waals surface area (Å²) in [5.74, 6) is -0.758. The summed E-state index contributed by atoms with van der Waals surface area (Å²) in [7, 11) is -3.88. The van der Waals surface area contributed by atoms with E-state index in [-0.39, 0.29) is 22.9 Å². The Labute approximate surface area is 126 Å². The molecule has 1 atom stereocenters. The summed E-state index contributed by atoms with van der Waals surface area (Å²) < 4.78 is 40.1. The molecule has 21 heavy (non-hydrogen) atoms. The lowest BCUT2D eigenvalue weighted by molar-refractivity contribution is 0.278. The fraction of sp³-hybridized carbons (Fsp3) is 0.308. The monoisotopic (exact) mass is 330 g/mol. The third-order valence-electron chi connectivity index (χ3n) is 2.94. The molecule has 2 rings (SSSR count). The van der Waals surface area contributed by atoms with Crippen molar-refractivity contribution in [3.8, 4) is 0 Å². The molecule has 0 bridgehead atoms. The van der Waals surface area contributed by atoms with Crippen LogP contribution in [-0.4, -0.2) is 25.1 Å². The van der Waals surface area contributed by atoms with Crippen LogP contribution in [0.2, 0.25) is 0 Å². The molecule has 114 valence electrons. The summed E-state index contributed by atoms with van der Waals surface area (Å²) >= 11 is 1.44. The van der Waals surface area contributed by atoms with Gasteiger partial charge in [0.1, 0.15) is 5.82 Å². The molecule has 0 saturated heterocycles. The van der Waals surface area contributed by atoms with Crippen molar-refractivity contribution >= 4 is 21.4 Å². The van der Waals surface area contributed by atoms with Crippen molar-refractivity contribution in [2.24, 2.45) is 0 Å². The number of rotatable bonds is 6. The van der Waals surface area contributed by atoms with Crippen LogP contribution in [0.15, 0.2) is 34.7 Å². The first kappa shape index (κ1) is 16.0. The van der Waals surface area contributed by atoms with Crippen molar-refractivity contribution < 1.29 is 17.9 Å². The summed E-state index contributed by atoms with van der Waals surface area (Å²) in [4.78, 5) is 3.88. The standard InChI is InChI=1S/C13H15FN2O3S2/c1-9(13-15-4-5-20-13)7-16-21(18,19)12-6-11(14)3-2-10(12)8-17/h2-6,9,16-17H,7-8H2,1H3. The Morgan fingerprint density at radius 1 is 1.48 bits per heavy atom. The summed E-state index contributed by atoms with van der Waals surface area (Å²) in [5.41, 5.74) is 0.158. The number of nitrogens with one attached hydrogen (secondary N) is 1. The van der Waals surface area contributed by atoms with E-state index in [0.717, 1.165) is 17.1 Å². The molecular weight excluding hydrogens is 315 g/mol. The van der Waals surface area contributed by atoms with Crippen LogP contribution in [0.25, 0.3) is 0 Å². The predicted octanol–water partition coefficient (Wildman–Crippen LogP) is 1.86. The molecule has 0 fully saturated rings. The van der Waals surface area contributed by atoms with Gasteiger partial charge in [-0.25, -0.2) is 22.5 Å². The van der Waals surface area contributed by atoms with Gasteiger partial charge in [-0.1, -0.05) is 13.0 Å². The minimum absolute atomic E-state index is 0.0917. The number of hydrogen-bond donors (Lipinski definition) is 2. The molecule has 1 unspecified atom stereocenters. The smallest absolute Gasteiger partial charge is 0.241 e. The van der Waals surface area contributed by atoms with E-state index in [1.807, 2.05) is 12.3 Å². The van der Waals surface area contributed by atoms with Gasteiger partial charge in [-0.2, -0.15) is 0 Å². The number of aromatic nitrogens is 1. The first-order valence-electron chi connectivity index (χ1n) is 6.22. The number of nitrogens with zero attached hydrogens (tertiary/aromatic N) is 1. The molecule has 0 radical (unpaired) electrons. The van der Waals surface area contributed by atoms with Crippen molar-refractivity contribution in [1.82, 2.24) is 9.71 Å². The predicted molar refractivity (Wildman–Crippen MR) is 78.0 cm³/mol. The van der Waals surface area contributed by atoms with Gasteiger partial charge in [-0.15, -0.1) is 11.3 Å². The SMILES string of the molecule is CC(CNS(=O)(=O)c1cc(F)ccc1CO)c1nccs1. The molecule has 0 aliphatic heterocycles. The first-order chi connectivity index (χ1) is 9.94. The second kappa shape index (κ2) is 6.61. The molecule has 0 spiro atoms. The highest BCUT2D eigenvalue weighted by Crippen LogP contribution is 2.20. The third kappa shape index (κ3) is 3.85. The Balaban J connectivity index is 2.17. The molecular formula is C13H15FN2O3S2. The lowest BCUT2D eigenvalue weighted by Crippen LogP contribution is -2.28. The van der Waals surface area contributed by atoms with E-state index in [1.54, 1.807) is 6.20 Å². The molecule has 5 nitrogen and oxygen atoms in total. The average Bonchev–Trinajstić information content (AvgIpc) is 2.99. The molecule has 1 aromatic carbocycles. The summed E-state index contributed by atoms with van der Waals surface area (Å²) in [5, 5.41) is 11.8. The topological polar surface area (TPSA) is 79.3 Å². The Bertz CT molecular complexity index is 702. The van der Waals surface area contributed by atoms with E-state index in [2.05, 4.69) is 9.71 Å². The quantitative estimate of drug-likeness (QED) is 0.847. The maximum atomic E-state index is 13.3. The minimum Gasteiger partial charge on any atom is -0.392 e. The molecule has 0 saturated carbocycles. The second-order valence-electron chi connectivity index (χ2n) is 4.53.